The lowest BCUT2D eigenvalue weighted by Crippen LogP contribution is -2.47. The first-order chi connectivity index (χ1) is 9.85. The number of aliphatic carboxylic acids is 1. The molecule has 0 fully saturated rings. The minimum absolute atomic E-state index is 0.00257. The summed E-state index contributed by atoms with van der Waals surface area (Å²) >= 11 is 0. The van der Waals surface area contributed by atoms with Gasteiger partial charge < -0.3 is 15.3 Å². The number of carbonyl (C=O) groups is 2. The molecule has 1 atom stereocenters. The normalized spacial score (nSPS) is 11.8. The molecule has 0 spiro atoms. The second kappa shape index (κ2) is 7.56. The first kappa shape index (κ1) is 16.9. The molecule has 0 aliphatic rings. The van der Waals surface area contributed by atoms with Gasteiger partial charge in [0.15, 0.2) is 0 Å². The topological polar surface area (TPSA) is 69.6 Å². The molecule has 1 unspecified atom stereocenters. The van der Waals surface area contributed by atoms with Gasteiger partial charge >= 0.3 is 12.0 Å². The van der Waals surface area contributed by atoms with Gasteiger partial charge in [0.2, 0.25) is 0 Å². The zero-order valence-corrected chi connectivity index (χ0v) is 11.9. The molecule has 1 rings (SSSR count). The van der Waals surface area contributed by atoms with Gasteiger partial charge in [0, 0.05) is 18.2 Å². The second-order valence-electron chi connectivity index (χ2n) is 4.67. The highest BCUT2D eigenvalue weighted by Crippen LogP contribution is 2.10. The lowest BCUT2D eigenvalue weighted by atomic mass is 10.2. The fraction of sp³-hybridized carbons (Fsp3) is 0.429. The van der Waals surface area contributed by atoms with E-state index in [1.54, 1.807) is 6.92 Å². The number of amides is 2. The van der Waals surface area contributed by atoms with Crippen molar-refractivity contribution in [1.82, 2.24) is 10.2 Å². The Morgan fingerprint density at radius 1 is 1.38 bits per heavy atom. The van der Waals surface area contributed by atoms with Crippen molar-refractivity contribution in [3.05, 3.63) is 35.4 Å². The van der Waals surface area contributed by atoms with Crippen molar-refractivity contribution in [1.29, 1.82) is 0 Å². The molecule has 0 aliphatic carbocycles. The van der Waals surface area contributed by atoms with Gasteiger partial charge in [0.25, 0.3) is 0 Å². The summed E-state index contributed by atoms with van der Waals surface area (Å²) in [6.45, 7) is 2.87. The van der Waals surface area contributed by atoms with Crippen LogP contribution < -0.4 is 5.32 Å². The fourth-order valence-electron chi connectivity index (χ4n) is 1.75. The number of hydrogen-bond acceptors (Lipinski definition) is 2. The monoisotopic (exact) mass is 300 g/mol. The van der Waals surface area contributed by atoms with Gasteiger partial charge in [-0.1, -0.05) is 6.92 Å². The van der Waals surface area contributed by atoms with Gasteiger partial charge in [-0.2, -0.15) is 0 Å². The van der Waals surface area contributed by atoms with Gasteiger partial charge in [-0.15, -0.1) is 0 Å². The number of rotatable bonds is 6. The molecular formula is C14H18F2N2O3. The summed E-state index contributed by atoms with van der Waals surface area (Å²) in [6, 6.07) is 2.03. The number of benzene rings is 1. The van der Waals surface area contributed by atoms with Crippen LogP contribution in [-0.4, -0.2) is 34.6 Å². The summed E-state index contributed by atoms with van der Waals surface area (Å²) in [6.07, 6.45) is 0.578. The minimum Gasteiger partial charge on any atom is -0.480 e. The first-order valence-electron chi connectivity index (χ1n) is 6.55. The number of carbonyl (C=O) groups excluding carboxylic acids is 1. The summed E-state index contributed by atoms with van der Waals surface area (Å²) in [4.78, 5) is 23.9. The SMILES string of the molecule is CCC(C)N(CC(=O)O)C(=O)NCc1cc(F)ccc1F. The van der Waals surface area contributed by atoms with Crippen LogP contribution in [0.2, 0.25) is 0 Å². The van der Waals surface area contributed by atoms with Gasteiger partial charge in [0.1, 0.15) is 18.2 Å². The Labute approximate surface area is 121 Å². The molecule has 0 aromatic heterocycles. The Morgan fingerprint density at radius 3 is 2.62 bits per heavy atom. The lowest BCUT2D eigenvalue weighted by molar-refractivity contribution is -0.138. The van der Waals surface area contributed by atoms with Crippen LogP contribution in [0.5, 0.6) is 0 Å². The molecule has 116 valence electrons. The van der Waals surface area contributed by atoms with Gasteiger partial charge in [-0.05, 0) is 31.5 Å². The van der Waals surface area contributed by atoms with E-state index in [1.807, 2.05) is 6.92 Å². The standard InChI is InChI=1S/C14H18F2N2O3/c1-3-9(2)18(8-13(19)20)14(21)17-7-10-6-11(15)4-5-12(10)16/h4-6,9H,3,7-8H2,1-2H3,(H,17,21)(H,19,20). The quantitative estimate of drug-likeness (QED) is 0.847. The summed E-state index contributed by atoms with van der Waals surface area (Å²) in [5.74, 6) is -2.38. The number of urea groups is 1. The van der Waals surface area contributed by atoms with Crippen LogP contribution in [-0.2, 0) is 11.3 Å². The Bertz CT molecular complexity index is 523. The van der Waals surface area contributed by atoms with E-state index < -0.39 is 30.2 Å². The highest BCUT2D eigenvalue weighted by atomic mass is 19.1. The van der Waals surface area contributed by atoms with Crippen molar-refractivity contribution < 1.29 is 23.5 Å². The molecule has 2 N–H and O–H groups in total. The van der Waals surface area contributed by atoms with Gasteiger partial charge in [0.05, 0.1) is 0 Å². The molecule has 1 aromatic rings. The molecule has 0 radical (unpaired) electrons. The maximum Gasteiger partial charge on any atom is 0.323 e. The van der Waals surface area contributed by atoms with Crippen LogP contribution in [0.4, 0.5) is 13.6 Å². The average molecular weight is 300 g/mol. The van der Waals surface area contributed by atoms with E-state index in [9.17, 15) is 18.4 Å². The molecule has 0 heterocycles. The molecule has 0 saturated heterocycles. The summed E-state index contributed by atoms with van der Waals surface area (Å²) in [5, 5.41) is 11.2. The van der Waals surface area contributed by atoms with E-state index in [2.05, 4.69) is 5.32 Å². The van der Waals surface area contributed by atoms with E-state index >= 15 is 0 Å². The minimum atomic E-state index is -1.14. The predicted molar refractivity (Wildman–Crippen MR) is 72.7 cm³/mol. The molecule has 0 saturated carbocycles. The van der Waals surface area contributed by atoms with Crippen LogP contribution in [0.15, 0.2) is 18.2 Å². The summed E-state index contributed by atoms with van der Waals surface area (Å²) in [7, 11) is 0. The van der Waals surface area contributed by atoms with Crippen molar-refractivity contribution in [2.24, 2.45) is 0 Å². The molecular weight excluding hydrogens is 282 g/mol. The number of nitrogens with one attached hydrogen (secondary N) is 1. The highest BCUT2D eigenvalue weighted by molar-refractivity contribution is 5.80. The van der Waals surface area contributed by atoms with E-state index in [-0.39, 0.29) is 18.2 Å². The number of carboxylic acids is 1. The Hall–Kier alpha value is -2.18. The Kier molecular flexibility index (Phi) is 6.08. The molecule has 1 aromatic carbocycles. The Morgan fingerprint density at radius 2 is 2.05 bits per heavy atom. The molecule has 7 heteroatoms. The first-order valence-corrected chi connectivity index (χ1v) is 6.55. The van der Waals surface area contributed by atoms with Crippen molar-refractivity contribution >= 4 is 12.0 Å². The van der Waals surface area contributed by atoms with E-state index in [4.69, 9.17) is 5.11 Å². The van der Waals surface area contributed by atoms with Crippen LogP contribution in [0.3, 0.4) is 0 Å². The van der Waals surface area contributed by atoms with E-state index in [0.717, 1.165) is 23.1 Å². The lowest BCUT2D eigenvalue weighted by Gasteiger charge is -2.27. The zero-order chi connectivity index (χ0) is 16.0. The number of hydrogen-bond donors (Lipinski definition) is 2. The predicted octanol–water partition coefficient (Wildman–Crippen LogP) is 2.36. The largest absolute Gasteiger partial charge is 0.480 e. The molecule has 0 bridgehead atoms. The third-order valence-electron chi connectivity index (χ3n) is 3.13. The van der Waals surface area contributed by atoms with Crippen LogP contribution in [0.1, 0.15) is 25.8 Å². The van der Waals surface area contributed by atoms with E-state index in [0.29, 0.717) is 6.42 Å². The van der Waals surface area contributed by atoms with Crippen LogP contribution in [0.25, 0.3) is 0 Å². The van der Waals surface area contributed by atoms with Crippen molar-refractivity contribution in [2.45, 2.75) is 32.9 Å². The third-order valence-corrected chi connectivity index (χ3v) is 3.13. The number of halogens is 2. The molecule has 5 nitrogen and oxygen atoms in total. The zero-order valence-electron chi connectivity index (χ0n) is 11.9. The van der Waals surface area contributed by atoms with Crippen molar-refractivity contribution in [3.8, 4) is 0 Å². The highest BCUT2D eigenvalue weighted by Gasteiger charge is 2.21. The molecule has 2 amide bonds. The molecule has 21 heavy (non-hydrogen) atoms. The third kappa shape index (κ3) is 5.02. The Balaban J connectivity index is 2.73. The second-order valence-corrected chi connectivity index (χ2v) is 4.67. The number of carboxylic acid groups (broad SMARTS) is 1. The van der Waals surface area contributed by atoms with Gasteiger partial charge in [-0.25, -0.2) is 13.6 Å². The van der Waals surface area contributed by atoms with E-state index in [1.165, 1.54) is 0 Å². The van der Waals surface area contributed by atoms with Crippen molar-refractivity contribution in [2.75, 3.05) is 6.54 Å². The maximum absolute atomic E-state index is 13.4. The average Bonchev–Trinajstić information content (AvgIpc) is 2.44. The van der Waals surface area contributed by atoms with Crippen LogP contribution >= 0.6 is 0 Å². The maximum atomic E-state index is 13.4. The smallest absolute Gasteiger partial charge is 0.323 e. The van der Waals surface area contributed by atoms with Gasteiger partial charge in [-0.3, -0.25) is 4.79 Å². The summed E-state index contributed by atoms with van der Waals surface area (Å²) in [5.41, 5.74) is 0.00257. The fourth-order valence-corrected chi connectivity index (χ4v) is 1.75. The summed E-state index contributed by atoms with van der Waals surface area (Å²) < 4.78 is 26.4. The van der Waals surface area contributed by atoms with Crippen molar-refractivity contribution in [3.63, 3.8) is 0 Å². The number of nitrogens with zero attached hydrogens (tertiary/aromatic N) is 1. The molecule has 0 aliphatic heterocycles. The van der Waals surface area contributed by atoms with Crippen LogP contribution in [0, 0.1) is 11.6 Å².